The number of hydroxylamine groups is 1. The summed E-state index contributed by atoms with van der Waals surface area (Å²) in [6.45, 7) is 0.435. The second kappa shape index (κ2) is 7.04. The van der Waals surface area contributed by atoms with Crippen LogP contribution in [0.3, 0.4) is 0 Å². The molecule has 1 aliphatic rings. The summed E-state index contributed by atoms with van der Waals surface area (Å²) in [6, 6.07) is 3.10. The molecule has 0 radical (unpaired) electrons. The van der Waals surface area contributed by atoms with Crippen molar-refractivity contribution >= 4 is 28.7 Å². The van der Waals surface area contributed by atoms with Gasteiger partial charge in [-0.3, -0.25) is 10.3 Å². The number of rotatable bonds is 5. The number of methoxy groups -OCH3 is 1. The van der Waals surface area contributed by atoms with E-state index in [9.17, 15) is 9.00 Å². The lowest BCUT2D eigenvalue weighted by Crippen LogP contribution is -2.12. The van der Waals surface area contributed by atoms with Crippen LogP contribution in [0.15, 0.2) is 23.9 Å². The fourth-order valence-corrected chi connectivity index (χ4v) is 2.87. The highest BCUT2D eigenvalue weighted by Crippen LogP contribution is 2.28. The van der Waals surface area contributed by atoms with E-state index in [0.29, 0.717) is 24.2 Å². The average Bonchev–Trinajstić information content (AvgIpc) is 2.94. The van der Waals surface area contributed by atoms with Gasteiger partial charge in [-0.2, -0.15) is 0 Å². The Morgan fingerprint density at radius 3 is 2.90 bits per heavy atom. The fraction of sp³-hybridized carbons (Fsp3) is 0.308. The zero-order valence-electron chi connectivity index (χ0n) is 11.2. The van der Waals surface area contributed by atoms with E-state index in [-0.39, 0.29) is 16.3 Å². The highest BCUT2D eigenvalue weighted by molar-refractivity contribution is 7.78. The van der Waals surface area contributed by atoms with Crippen LogP contribution >= 0.6 is 11.6 Å². The normalized spacial score (nSPS) is 15.3. The molecule has 21 heavy (non-hydrogen) atoms. The minimum Gasteiger partial charge on any atom is -0.465 e. The molecule has 0 spiro atoms. The molecular weight excluding hydrogens is 318 g/mol. The van der Waals surface area contributed by atoms with E-state index in [1.807, 2.05) is 6.08 Å². The maximum atomic E-state index is 11.7. The van der Waals surface area contributed by atoms with Gasteiger partial charge < -0.3 is 9.29 Å². The molecule has 0 saturated heterocycles. The van der Waals surface area contributed by atoms with Gasteiger partial charge in [0.15, 0.2) is 11.1 Å². The number of halogens is 1. The molecular formula is C13H14ClNO5S. The summed E-state index contributed by atoms with van der Waals surface area (Å²) in [5, 5.41) is 0.222. The Morgan fingerprint density at radius 2 is 2.33 bits per heavy atom. The molecule has 1 aromatic rings. The summed E-state index contributed by atoms with van der Waals surface area (Å²) in [5.41, 5.74) is 4.93. The quantitative estimate of drug-likeness (QED) is 0.632. The van der Waals surface area contributed by atoms with E-state index < -0.39 is 17.0 Å². The molecule has 2 N–H and O–H groups in total. The lowest BCUT2D eigenvalue weighted by Gasteiger charge is -2.14. The van der Waals surface area contributed by atoms with E-state index in [1.54, 1.807) is 6.07 Å². The van der Waals surface area contributed by atoms with Crippen molar-refractivity contribution in [3.8, 4) is 0 Å². The molecule has 1 heterocycles. The molecule has 1 unspecified atom stereocenters. The first-order valence-corrected chi connectivity index (χ1v) is 7.71. The summed E-state index contributed by atoms with van der Waals surface area (Å²) in [4.78, 5) is 16.7. The third-order valence-electron chi connectivity index (χ3n) is 3.01. The van der Waals surface area contributed by atoms with Crippen LogP contribution in [0, 0.1) is 0 Å². The van der Waals surface area contributed by atoms with E-state index in [1.165, 1.54) is 13.2 Å². The summed E-state index contributed by atoms with van der Waals surface area (Å²) >= 11 is 4.27. The Kier molecular flexibility index (Phi) is 5.35. The van der Waals surface area contributed by atoms with Gasteiger partial charge in [-0.1, -0.05) is 17.7 Å². The van der Waals surface area contributed by atoms with Crippen molar-refractivity contribution in [2.24, 2.45) is 0 Å². The van der Waals surface area contributed by atoms with Crippen molar-refractivity contribution in [2.75, 3.05) is 13.7 Å². The fourth-order valence-electron chi connectivity index (χ4n) is 2.01. The highest BCUT2D eigenvalue weighted by Gasteiger charge is 2.20. The van der Waals surface area contributed by atoms with Crippen molar-refractivity contribution in [3.63, 3.8) is 0 Å². The molecule has 8 heteroatoms. The Labute approximate surface area is 129 Å². The minimum absolute atomic E-state index is 0.0648. The number of ether oxygens (including phenoxy) is 1. The SMILES string of the molecule is COC(=O)c1ccc(CS(=O)O)c(CC2=CCON2)c1Cl. The Bertz CT molecular complexity index is 617. The number of nitrogens with one attached hydrogen (secondary N) is 1. The van der Waals surface area contributed by atoms with Crippen LogP contribution in [-0.2, 0) is 32.8 Å². The second-order valence-electron chi connectivity index (χ2n) is 4.34. The van der Waals surface area contributed by atoms with Crippen molar-refractivity contribution in [2.45, 2.75) is 12.2 Å². The Hall–Kier alpha value is -1.41. The van der Waals surface area contributed by atoms with Gasteiger partial charge in [0, 0.05) is 12.1 Å². The lowest BCUT2D eigenvalue weighted by atomic mass is 10.0. The number of benzene rings is 1. The van der Waals surface area contributed by atoms with Gasteiger partial charge in [-0.15, -0.1) is 0 Å². The first-order valence-electron chi connectivity index (χ1n) is 6.05. The van der Waals surface area contributed by atoms with Crippen LogP contribution < -0.4 is 5.48 Å². The maximum absolute atomic E-state index is 11.7. The molecule has 114 valence electrons. The van der Waals surface area contributed by atoms with Gasteiger partial charge >= 0.3 is 5.97 Å². The second-order valence-corrected chi connectivity index (χ2v) is 5.65. The zero-order valence-corrected chi connectivity index (χ0v) is 12.8. The van der Waals surface area contributed by atoms with Crippen molar-refractivity contribution < 1.29 is 23.1 Å². The van der Waals surface area contributed by atoms with Gasteiger partial charge in [0.2, 0.25) is 0 Å². The lowest BCUT2D eigenvalue weighted by molar-refractivity contribution is 0.0601. The molecule has 6 nitrogen and oxygen atoms in total. The monoisotopic (exact) mass is 331 g/mol. The van der Waals surface area contributed by atoms with Crippen LogP contribution in [0.1, 0.15) is 21.5 Å². The van der Waals surface area contributed by atoms with Gasteiger partial charge in [0.25, 0.3) is 0 Å². The number of hydrogen-bond donors (Lipinski definition) is 2. The smallest absolute Gasteiger partial charge is 0.339 e. The summed E-state index contributed by atoms with van der Waals surface area (Å²) in [7, 11) is 1.27. The predicted octanol–water partition coefficient (Wildman–Crippen LogP) is 1.81. The van der Waals surface area contributed by atoms with Gasteiger partial charge in [0.1, 0.15) is 0 Å². The Balaban J connectivity index is 2.43. The largest absolute Gasteiger partial charge is 0.465 e. The van der Waals surface area contributed by atoms with E-state index in [2.05, 4.69) is 10.2 Å². The first kappa shape index (κ1) is 16.0. The van der Waals surface area contributed by atoms with E-state index in [4.69, 9.17) is 21.0 Å². The molecule has 1 aromatic carbocycles. The molecule has 2 rings (SSSR count). The highest BCUT2D eigenvalue weighted by atomic mass is 35.5. The number of carbonyl (C=O) groups excluding carboxylic acids is 1. The van der Waals surface area contributed by atoms with Gasteiger partial charge in [-0.25, -0.2) is 9.00 Å². The summed E-state index contributed by atoms with van der Waals surface area (Å²) in [6.07, 6.45) is 2.21. The van der Waals surface area contributed by atoms with Crippen LogP contribution in [0.5, 0.6) is 0 Å². The number of allylic oxidation sites excluding steroid dienone is 1. The number of carbonyl (C=O) groups is 1. The number of hydrogen-bond acceptors (Lipinski definition) is 5. The minimum atomic E-state index is -2.00. The predicted molar refractivity (Wildman–Crippen MR) is 78.1 cm³/mol. The van der Waals surface area contributed by atoms with Crippen LogP contribution in [-0.4, -0.2) is 28.4 Å². The zero-order chi connectivity index (χ0) is 15.4. The maximum Gasteiger partial charge on any atom is 0.339 e. The van der Waals surface area contributed by atoms with Crippen LogP contribution in [0.2, 0.25) is 5.02 Å². The van der Waals surface area contributed by atoms with Gasteiger partial charge in [0.05, 0.1) is 30.1 Å². The molecule has 1 atom stereocenters. The first-order chi connectivity index (χ1) is 10.0. The summed E-state index contributed by atoms with van der Waals surface area (Å²) < 4.78 is 24.8. The standard InChI is InChI=1S/C13H14ClNO5S/c1-19-13(16)10-3-2-8(7-21(17)18)11(12(10)14)6-9-4-5-20-15-9/h2-4,15H,5-7H2,1H3,(H,17,18). The van der Waals surface area contributed by atoms with Crippen LogP contribution in [0.25, 0.3) is 0 Å². The van der Waals surface area contributed by atoms with Crippen LogP contribution in [0.4, 0.5) is 0 Å². The molecule has 0 aromatic heterocycles. The van der Waals surface area contributed by atoms with Crippen molar-refractivity contribution in [3.05, 3.63) is 45.6 Å². The molecule has 0 aliphatic carbocycles. The third-order valence-corrected chi connectivity index (χ3v) is 4.00. The number of esters is 1. The average molecular weight is 332 g/mol. The third kappa shape index (κ3) is 3.82. The van der Waals surface area contributed by atoms with Crippen molar-refractivity contribution in [1.29, 1.82) is 0 Å². The molecule has 0 saturated carbocycles. The Morgan fingerprint density at radius 1 is 1.57 bits per heavy atom. The molecule has 1 aliphatic heterocycles. The molecule has 0 bridgehead atoms. The molecule has 0 amide bonds. The van der Waals surface area contributed by atoms with E-state index in [0.717, 1.165) is 5.70 Å². The molecule has 0 fully saturated rings. The van der Waals surface area contributed by atoms with Gasteiger partial charge in [-0.05, 0) is 23.3 Å². The topological polar surface area (TPSA) is 84.9 Å². The van der Waals surface area contributed by atoms with Crippen molar-refractivity contribution in [1.82, 2.24) is 5.48 Å². The van der Waals surface area contributed by atoms with E-state index >= 15 is 0 Å². The summed E-state index contributed by atoms with van der Waals surface area (Å²) in [5.74, 6) is -0.618.